The molecule has 43 heavy (non-hydrogen) atoms. The third kappa shape index (κ3) is 5.54. The van der Waals surface area contributed by atoms with Crippen molar-refractivity contribution in [3.63, 3.8) is 0 Å². The summed E-state index contributed by atoms with van der Waals surface area (Å²) in [6, 6.07) is 25.0. The lowest BCUT2D eigenvalue weighted by molar-refractivity contribution is -0.141. The SMILES string of the molecule is C=C(C)C(=O)OCc1ccc(N(c2ccc(COC(=O)C(=C)C)cc2)c2ccc3ccc4c5c3c2CC=C5CC=C4)cc1. The maximum Gasteiger partial charge on any atom is 0.333 e. The second-order valence-electron chi connectivity index (χ2n) is 11.1. The monoisotopic (exact) mass is 567 g/mol. The summed E-state index contributed by atoms with van der Waals surface area (Å²) in [5.74, 6) is -0.804. The fourth-order valence-corrected chi connectivity index (χ4v) is 5.68. The number of carbonyl (C=O) groups excluding carboxylic acids is 2. The van der Waals surface area contributed by atoms with E-state index in [0.29, 0.717) is 11.1 Å². The molecule has 0 spiro atoms. The number of nitrogens with zero attached hydrogens (tertiary/aromatic N) is 1. The van der Waals surface area contributed by atoms with Crippen LogP contribution in [0, 0.1) is 0 Å². The van der Waals surface area contributed by atoms with Crippen molar-refractivity contribution in [2.24, 2.45) is 0 Å². The van der Waals surface area contributed by atoms with Crippen molar-refractivity contribution in [1.29, 1.82) is 0 Å². The number of hydrogen-bond donors (Lipinski definition) is 0. The minimum Gasteiger partial charge on any atom is -0.457 e. The van der Waals surface area contributed by atoms with Gasteiger partial charge >= 0.3 is 11.9 Å². The molecule has 4 aromatic carbocycles. The molecule has 0 aliphatic heterocycles. The molecule has 2 aliphatic rings. The van der Waals surface area contributed by atoms with E-state index in [2.05, 4.69) is 84.8 Å². The van der Waals surface area contributed by atoms with Crippen LogP contribution in [0.25, 0.3) is 22.4 Å². The van der Waals surface area contributed by atoms with Crippen LogP contribution in [0.4, 0.5) is 17.1 Å². The first-order chi connectivity index (χ1) is 20.8. The van der Waals surface area contributed by atoms with Crippen LogP contribution in [-0.4, -0.2) is 11.9 Å². The first kappa shape index (κ1) is 28.0. The number of ether oxygens (including phenoxy) is 2. The maximum atomic E-state index is 11.9. The Balaban J connectivity index is 1.41. The summed E-state index contributed by atoms with van der Waals surface area (Å²) >= 11 is 0. The van der Waals surface area contributed by atoms with Gasteiger partial charge in [-0.3, -0.25) is 0 Å². The van der Waals surface area contributed by atoms with Gasteiger partial charge in [0.15, 0.2) is 0 Å². The fourth-order valence-electron chi connectivity index (χ4n) is 5.68. The van der Waals surface area contributed by atoms with Crippen LogP contribution >= 0.6 is 0 Å². The smallest absolute Gasteiger partial charge is 0.333 e. The van der Waals surface area contributed by atoms with Gasteiger partial charge in [0.2, 0.25) is 0 Å². The minimum absolute atomic E-state index is 0.179. The molecule has 4 aromatic rings. The third-order valence-corrected chi connectivity index (χ3v) is 7.88. The van der Waals surface area contributed by atoms with Crippen LogP contribution in [0.15, 0.2) is 109 Å². The molecular formula is C38H33NO4. The second-order valence-corrected chi connectivity index (χ2v) is 11.1. The highest BCUT2D eigenvalue weighted by Crippen LogP contribution is 2.46. The Bertz CT molecular complexity index is 1770. The molecule has 0 saturated carbocycles. The molecule has 0 heterocycles. The van der Waals surface area contributed by atoms with Gasteiger partial charge in [-0.05, 0) is 101 Å². The molecule has 0 atom stereocenters. The lowest BCUT2D eigenvalue weighted by Crippen LogP contribution is -2.14. The lowest BCUT2D eigenvalue weighted by atomic mass is 9.81. The summed E-state index contributed by atoms with van der Waals surface area (Å²) in [4.78, 5) is 26.1. The fraction of sp³-hybridized carbons (Fsp3) is 0.158. The molecular weight excluding hydrogens is 534 g/mol. The quantitative estimate of drug-likeness (QED) is 0.149. The Morgan fingerprint density at radius 2 is 1.30 bits per heavy atom. The molecule has 5 heteroatoms. The Labute approximate surface area is 252 Å². The lowest BCUT2D eigenvalue weighted by Gasteiger charge is -2.31. The number of esters is 2. The summed E-state index contributed by atoms with van der Waals surface area (Å²) in [5, 5.41) is 2.55. The van der Waals surface area contributed by atoms with E-state index in [1.54, 1.807) is 13.8 Å². The van der Waals surface area contributed by atoms with Crippen molar-refractivity contribution in [1.82, 2.24) is 0 Å². The number of allylic oxidation sites excluding steroid dienone is 3. The van der Waals surface area contributed by atoms with E-state index >= 15 is 0 Å². The van der Waals surface area contributed by atoms with Gasteiger partial charge in [-0.1, -0.05) is 73.9 Å². The van der Waals surface area contributed by atoms with E-state index in [9.17, 15) is 9.59 Å². The summed E-state index contributed by atoms with van der Waals surface area (Å²) in [5.41, 5.74) is 10.9. The normalized spacial score (nSPS) is 12.8. The zero-order chi connectivity index (χ0) is 30.1. The number of hydrogen-bond acceptors (Lipinski definition) is 5. The van der Waals surface area contributed by atoms with Crippen molar-refractivity contribution in [2.45, 2.75) is 39.9 Å². The first-order valence-electron chi connectivity index (χ1n) is 14.4. The Morgan fingerprint density at radius 3 is 1.86 bits per heavy atom. The predicted molar refractivity (Wildman–Crippen MR) is 173 cm³/mol. The summed E-state index contributed by atoms with van der Waals surface area (Å²) in [6.07, 6.45) is 8.63. The Kier molecular flexibility index (Phi) is 7.56. The van der Waals surface area contributed by atoms with Gasteiger partial charge in [-0.25, -0.2) is 9.59 Å². The molecule has 0 radical (unpaired) electrons. The number of anilines is 3. The zero-order valence-electron chi connectivity index (χ0n) is 24.5. The molecule has 0 amide bonds. The van der Waals surface area contributed by atoms with Crippen molar-refractivity contribution in [2.75, 3.05) is 4.90 Å². The molecule has 5 nitrogen and oxygen atoms in total. The Hall–Kier alpha value is -5.16. The van der Waals surface area contributed by atoms with Crippen LogP contribution in [0.3, 0.4) is 0 Å². The Morgan fingerprint density at radius 1 is 0.744 bits per heavy atom. The molecule has 214 valence electrons. The highest BCUT2D eigenvalue weighted by atomic mass is 16.5. The van der Waals surface area contributed by atoms with E-state index in [-0.39, 0.29) is 13.2 Å². The topological polar surface area (TPSA) is 55.8 Å². The van der Waals surface area contributed by atoms with Gasteiger partial charge in [0, 0.05) is 22.5 Å². The van der Waals surface area contributed by atoms with Gasteiger partial charge < -0.3 is 14.4 Å². The van der Waals surface area contributed by atoms with E-state index in [1.807, 2.05) is 24.3 Å². The van der Waals surface area contributed by atoms with Gasteiger partial charge in [0.25, 0.3) is 0 Å². The van der Waals surface area contributed by atoms with Crippen LogP contribution in [0.5, 0.6) is 0 Å². The average molecular weight is 568 g/mol. The summed E-state index contributed by atoms with van der Waals surface area (Å²) in [6.45, 7) is 10.9. The first-order valence-corrected chi connectivity index (χ1v) is 14.4. The van der Waals surface area contributed by atoms with E-state index in [0.717, 1.165) is 41.0 Å². The van der Waals surface area contributed by atoms with Gasteiger partial charge in [0.05, 0.1) is 5.69 Å². The molecule has 0 bridgehead atoms. The molecule has 0 saturated heterocycles. The highest BCUT2D eigenvalue weighted by Gasteiger charge is 2.24. The van der Waals surface area contributed by atoms with E-state index < -0.39 is 11.9 Å². The molecule has 2 aliphatic carbocycles. The standard InChI is InChI=1S/C38H33NO4/c1-24(2)37(40)42-22-26-8-16-31(17-9-26)39(32-18-10-27(11-19-32)23-43-38(41)25(3)4)34-21-15-30-13-12-28-6-5-7-29-14-20-33(34)36(30)35(28)29/h5-6,8-19,21H,1,3,7,20,22-23H2,2,4H3. The average Bonchev–Trinajstić information content (AvgIpc) is 3.03. The van der Waals surface area contributed by atoms with Gasteiger partial charge in [-0.2, -0.15) is 0 Å². The molecule has 0 N–H and O–H groups in total. The van der Waals surface area contributed by atoms with E-state index in [1.165, 1.54) is 33.0 Å². The zero-order valence-corrected chi connectivity index (χ0v) is 24.5. The largest absolute Gasteiger partial charge is 0.457 e. The third-order valence-electron chi connectivity index (χ3n) is 7.88. The summed E-state index contributed by atoms with van der Waals surface area (Å²) in [7, 11) is 0. The molecule has 6 rings (SSSR count). The van der Waals surface area contributed by atoms with E-state index in [4.69, 9.17) is 9.47 Å². The van der Waals surface area contributed by atoms with Crippen molar-refractivity contribution in [3.8, 4) is 0 Å². The van der Waals surface area contributed by atoms with Gasteiger partial charge in [-0.15, -0.1) is 0 Å². The molecule has 0 aromatic heterocycles. The van der Waals surface area contributed by atoms with Crippen LogP contribution in [-0.2, 0) is 38.7 Å². The number of rotatable bonds is 9. The predicted octanol–water partition coefficient (Wildman–Crippen LogP) is 8.90. The van der Waals surface area contributed by atoms with Crippen molar-refractivity contribution < 1.29 is 19.1 Å². The minimum atomic E-state index is -0.402. The molecule has 0 fully saturated rings. The number of carbonyl (C=O) groups is 2. The number of benzene rings is 4. The van der Waals surface area contributed by atoms with Crippen molar-refractivity contribution >= 4 is 51.4 Å². The van der Waals surface area contributed by atoms with Crippen LogP contribution < -0.4 is 4.90 Å². The molecule has 0 unspecified atom stereocenters. The van der Waals surface area contributed by atoms with Gasteiger partial charge in [0.1, 0.15) is 13.2 Å². The highest BCUT2D eigenvalue weighted by molar-refractivity contribution is 6.05. The second kappa shape index (κ2) is 11.6. The maximum absolute atomic E-state index is 11.9. The van der Waals surface area contributed by atoms with Crippen molar-refractivity contribution in [3.05, 3.63) is 137 Å². The van der Waals surface area contributed by atoms with Crippen LogP contribution in [0.1, 0.15) is 48.1 Å². The summed E-state index contributed by atoms with van der Waals surface area (Å²) < 4.78 is 10.7. The van der Waals surface area contributed by atoms with Crippen LogP contribution in [0.2, 0.25) is 0 Å².